The summed E-state index contributed by atoms with van der Waals surface area (Å²) in [5, 5.41) is 13.8. The van der Waals surface area contributed by atoms with Crippen LogP contribution in [0.25, 0.3) is 0 Å². The van der Waals surface area contributed by atoms with Gasteiger partial charge in [0.05, 0.1) is 19.4 Å². The summed E-state index contributed by atoms with van der Waals surface area (Å²) in [5.74, 6) is -12.9. The Bertz CT molecular complexity index is 1140. The molecule has 2 aromatic rings. The number of rotatable bonds is 14. The molecule has 0 heterocycles. The van der Waals surface area contributed by atoms with Crippen molar-refractivity contribution in [3.05, 3.63) is 59.7 Å². The molecular weight excluding hydrogens is 516 g/mol. The van der Waals surface area contributed by atoms with Crippen molar-refractivity contribution in [2.24, 2.45) is 5.92 Å². The van der Waals surface area contributed by atoms with Crippen molar-refractivity contribution >= 4 is 23.6 Å². The number of nitrogens with one attached hydrogen (secondary N) is 2. The predicted octanol–water partition coefficient (Wildman–Crippen LogP) is 2.76. The first-order chi connectivity index (χ1) is 17.9. The highest BCUT2D eigenvalue weighted by Gasteiger charge is 2.31. The van der Waals surface area contributed by atoms with Crippen molar-refractivity contribution in [3.63, 3.8) is 0 Å². The van der Waals surface area contributed by atoms with Crippen LogP contribution >= 0.6 is 0 Å². The fourth-order valence-electron chi connectivity index (χ4n) is 3.16. The van der Waals surface area contributed by atoms with Gasteiger partial charge in [0.2, 0.25) is 23.4 Å². The average molecular weight is 542 g/mol. The smallest absolute Gasteiger partial charge is 0.305 e. The van der Waals surface area contributed by atoms with Crippen LogP contribution < -0.4 is 20.1 Å². The number of amides is 2. The molecular formula is C25H26F4N2O7. The Morgan fingerprint density at radius 1 is 0.921 bits per heavy atom. The standard InChI is InChI=1S/C25H26F4N2O7/c1-13(2)23(31-19(33)8-9-37-14-6-4-3-5-7-14)25(36)30-17(11-20(34)35)18(32)12-38-24-21(28)15(26)10-16(27)22(24)29/h3-7,10,13,17,23H,8-9,11-12H2,1-2H3,(H,30,36)(H,31,33)(H,34,35)/t17-,23-/m0/s1. The molecule has 206 valence electrons. The van der Waals surface area contributed by atoms with Gasteiger partial charge in [-0.3, -0.25) is 19.2 Å². The number of hydrogen-bond donors (Lipinski definition) is 3. The minimum Gasteiger partial charge on any atom is -0.493 e. The zero-order chi connectivity index (χ0) is 28.4. The molecule has 38 heavy (non-hydrogen) atoms. The molecule has 9 nitrogen and oxygen atoms in total. The second-order valence-corrected chi connectivity index (χ2v) is 8.41. The molecule has 2 atom stereocenters. The van der Waals surface area contributed by atoms with E-state index >= 15 is 0 Å². The summed E-state index contributed by atoms with van der Waals surface area (Å²) in [6.07, 6.45) is -1.06. The van der Waals surface area contributed by atoms with Gasteiger partial charge in [-0.1, -0.05) is 32.0 Å². The Kier molecular flexibility index (Phi) is 11.0. The van der Waals surface area contributed by atoms with Crippen molar-refractivity contribution in [2.45, 2.75) is 38.8 Å². The van der Waals surface area contributed by atoms with Gasteiger partial charge < -0.3 is 25.2 Å². The minimum absolute atomic E-state index is 0.00748. The number of para-hydroxylation sites is 1. The number of Topliss-reactive ketones (excluding diaryl/α,β-unsaturated/α-hetero) is 1. The van der Waals surface area contributed by atoms with Gasteiger partial charge in [0.15, 0.2) is 23.2 Å². The number of aliphatic carboxylic acids is 1. The molecule has 2 amide bonds. The SMILES string of the molecule is CC(C)[C@H](NC(=O)CCOc1ccccc1)C(=O)N[C@@H](CC(=O)O)C(=O)COc1c(F)c(F)cc(F)c1F. The van der Waals surface area contributed by atoms with Crippen molar-refractivity contribution < 1.29 is 51.3 Å². The number of halogens is 4. The quantitative estimate of drug-likeness (QED) is 0.247. The third kappa shape index (κ3) is 8.75. The van der Waals surface area contributed by atoms with Crippen LogP contribution in [-0.2, 0) is 19.2 Å². The zero-order valence-electron chi connectivity index (χ0n) is 20.4. The summed E-state index contributed by atoms with van der Waals surface area (Å²) >= 11 is 0. The van der Waals surface area contributed by atoms with E-state index in [1.807, 2.05) is 0 Å². The van der Waals surface area contributed by atoms with E-state index in [0.717, 1.165) is 0 Å². The Balaban J connectivity index is 2.03. The summed E-state index contributed by atoms with van der Waals surface area (Å²) in [6, 6.07) is 5.69. The first kappa shape index (κ1) is 30.1. The minimum atomic E-state index is -1.89. The average Bonchev–Trinajstić information content (AvgIpc) is 2.85. The highest BCUT2D eigenvalue weighted by molar-refractivity contribution is 5.95. The molecule has 0 bridgehead atoms. The van der Waals surface area contributed by atoms with Gasteiger partial charge in [-0.15, -0.1) is 0 Å². The predicted molar refractivity (Wildman–Crippen MR) is 124 cm³/mol. The van der Waals surface area contributed by atoms with E-state index in [4.69, 9.17) is 9.84 Å². The molecule has 2 rings (SSSR count). The van der Waals surface area contributed by atoms with Crippen molar-refractivity contribution in [3.8, 4) is 11.5 Å². The highest BCUT2D eigenvalue weighted by atomic mass is 19.2. The summed E-state index contributed by atoms with van der Waals surface area (Å²) < 4.78 is 64.3. The molecule has 0 saturated carbocycles. The Morgan fingerprint density at radius 3 is 2.08 bits per heavy atom. The van der Waals surface area contributed by atoms with E-state index < -0.39 is 83.6 Å². The zero-order valence-corrected chi connectivity index (χ0v) is 20.4. The van der Waals surface area contributed by atoms with Crippen LogP contribution in [0.2, 0.25) is 0 Å². The maximum absolute atomic E-state index is 13.8. The number of hydrogen-bond acceptors (Lipinski definition) is 6. The fourth-order valence-corrected chi connectivity index (χ4v) is 3.16. The van der Waals surface area contributed by atoms with Crippen LogP contribution in [-0.4, -0.2) is 54.0 Å². The Morgan fingerprint density at radius 2 is 1.53 bits per heavy atom. The van der Waals surface area contributed by atoms with E-state index in [2.05, 4.69) is 15.4 Å². The molecule has 0 fully saturated rings. The summed E-state index contributed by atoms with van der Waals surface area (Å²) in [6.45, 7) is 1.97. The molecule has 0 saturated heterocycles. The van der Waals surface area contributed by atoms with Crippen LogP contribution in [0.3, 0.4) is 0 Å². The van der Waals surface area contributed by atoms with E-state index in [1.165, 1.54) is 0 Å². The third-order valence-electron chi connectivity index (χ3n) is 5.12. The lowest BCUT2D eigenvalue weighted by atomic mass is 10.0. The van der Waals surface area contributed by atoms with Crippen molar-refractivity contribution in [1.29, 1.82) is 0 Å². The topological polar surface area (TPSA) is 131 Å². The fraction of sp³-hybridized carbons (Fsp3) is 0.360. The van der Waals surface area contributed by atoms with Gasteiger partial charge >= 0.3 is 5.97 Å². The maximum Gasteiger partial charge on any atom is 0.305 e. The number of carboxylic acids is 1. The summed E-state index contributed by atoms with van der Waals surface area (Å²) in [7, 11) is 0. The van der Waals surface area contributed by atoms with E-state index in [1.54, 1.807) is 44.2 Å². The number of carbonyl (C=O) groups is 4. The van der Waals surface area contributed by atoms with Crippen LogP contribution in [0.1, 0.15) is 26.7 Å². The lowest BCUT2D eigenvalue weighted by Gasteiger charge is -2.24. The van der Waals surface area contributed by atoms with Crippen LogP contribution in [0.5, 0.6) is 11.5 Å². The van der Waals surface area contributed by atoms with Crippen molar-refractivity contribution in [2.75, 3.05) is 13.2 Å². The molecule has 0 aromatic heterocycles. The third-order valence-corrected chi connectivity index (χ3v) is 5.12. The molecule has 13 heteroatoms. The first-order valence-electron chi connectivity index (χ1n) is 11.4. The molecule has 0 aliphatic carbocycles. The van der Waals surface area contributed by atoms with E-state index in [9.17, 15) is 36.7 Å². The molecule has 2 aromatic carbocycles. The van der Waals surface area contributed by atoms with Gasteiger partial charge in [0, 0.05) is 6.07 Å². The number of ketones is 1. The van der Waals surface area contributed by atoms with Gasteiger partial charge in [-0.05, 0) is 18.1 Å². The molecule has 0 spiro atoms. The molecule has 0 aliphatic heterocycles. The van der Waals surface area contributed by atoms with Gasteiger partial charge in [0.1, 0.15) is 24.4 Å². The molecule has 0 radical (unpaired) electrons. The van der Waals surface area contributed by atoms with Gasteiger partial charge in [0.25, 0.3) is 0 Å². The number of carboxylic acid groups (broad SMARTS) is 1. The van der Waals surface area contributed by atoms with E-state index in [-0.39, 0.29) is 19.1 Å². The summed E-state index contributed by atoms with van der Waals surface area (Å²) in [4.78, 5) is 48.9. The molecule has 0 aliphatic rings. The second kappa shape index (κ2) is 14.0. The summed E-state index contributed by atoms with van der Waals surface area (Å²) in [5.41, 5.74) is 0. The van der Waals surface area contributed by atoms with Gasteiger partial charge in [-0.25, -0.2) is 8.78 Å². The second-order valence-electron chi connectivity index (χ2n) is 8.41. The number of ether oxygens (including phenoxy) is 2. The van der Waals surface area contributed by atoms with Crippen LogP contribution in [0, 0.1) is 29.2 Å². The van der Waals surface area contributed by atoms with Crippen LogP contribution in [0.4, 0.5) is 17.6 Å². The Hall–Kier alpha value is -4.16. The van der Waals surface area contributed by atoms with E-state index in [0.29, 0.717) is 5.75 Å². The number of benzene rings is 2. The molecule has 3 N–H and O–H groups in total. The normalized spacial score (nSPS) is 12.4. The van der Waals surface area contributed by atoms with Crippen molar-refractivity contribution in [1.82, 2.24) is 10.6 Å². The Labute approximate surface area is 215 Å². The largest absolute Gasteiger partial charge is 0.493 e. The number of carbonyl (C=O) groups excluding carboxylic acids is 3. The molecule has 0 unspecified atom stereocenters. The lowest BCUT2D eigenvalue weighted by Crippen LogP contribution is -2.54. The highest BCUT2D eigenvalue weighted by Crippen LogP contribution is 2.26. The lowest BCUT2D eigenvalue weighted by molar-refractivity contribution is -0.141. The first-order valence-corrected chi connectivity index (χ1v) is 11.4. The van der Waals surface area contributed by atoms with Crippen LogP contribution in [0.15, 0.2) is 36.4 Å². The van der Waals surface area contributed by atoms with Gasteiger partial charge in [-0.2, -0.15) is 8.78 Å². The maximum atomic E-state index is 13.8. The monoisotopic (exact) mass is 542 g/mol.